The fourth-order valence-corrected chi connectivity index (χ4v) is 2.01. The fraction of sp³-hybridized carbons (Fsp3) is 0.250. The van der Waals surface area contributed by atoms with Crippen LogP contribution in [0.5, 0.6) is 0 Å². The van der Waals surface area contributed by atoms with E-state index in [-0.39, 0.29) is 5.82 Å². The van der Waals surface area contributed by atoms with Gasteiger partial charge in [0.25, 0.3) is 0 Å². The Kier molecular flexibility index (Phi) is 4.66. The Bertz CT molecular complexity index is 507. The molecule has 0 aliphatic heterocycles. The smallest absolute Gasteiger partial charge is 0.123 e. The summed E-state index contributed by atoms with van der Waals surface area (Å²) in [6, 6.07) is 13.7. The average molecular weight is 259 g/mol. The van der Waals surface area contributed by atoms with Crippen molar-refractivity contribution in [1.82, 2.24) is 0 Å². The fourth-order valence-electron chi connectivity index (χ4n) is 2.01. The lowest BCUT2D eigenvalue weighted by Crippen LogP contribution is -2.02. The number of hydrogen-bond donors (Lipinski definition) is 2. The Morgan fingerprint density at radius 3 is 2.00 bits per heavy atom. The van der Waals surface area contributed by atoms with Crippen LogP contribution in [0.1, 0.15) is 29.2 Å². The average Bonchev–Trinajstić information content (AvgIpc) is 2.46. The first-order chi connectivity index (χ1) is 9.20. The van der Waals surface area contributed by atoms with E-state index in [2.05, 4.69) is 0 Å². The molecule has 0 amide bonds. The van der Waals surface area contributed by atoms with Gasteiger partial charge in [-0.15, -0.1) is 0 Å². The molecule has 19 heavy (non-hydrogen) atoms. The minimum atomic E-state index is -0.718. The van der Waals surface area contributed by atoms with Crippen LogP contribution in [0, 0.1) is 5.82 Å². The largest absolute Gasteiger partial charge is 0.384 e. The molecule has 1 atom stereocenters. The Balaban J connectivity index is 2.10. The van der Waals surface area contributed by atoms with Gasteiger partial charge in [0.15, 0.2) is 0 Å². The highest BCUT2D eigenvalue weighted by molar-refractivity contribution is 5.32. The molecule has 2 aromatic carbocycles. The van der Waals surface area contributed by atoms with Crippen LogP contribution in [-0.4, -0.2) is 11.7 Å². The number of aryl methyl sites for hydroxylation is 1. The summed E-state index contributed by atoms with van der Waals surface area (Å²) < 4.78 is 12.8. The summed E-state index contributed by atoms with van der Waals surface area (Å²) in [5.41, 5.74) is 8.18. The van der Waals surface area contributed by atoms with Crippen molar-refractivity contribution in [2.45, 2.75) is 18.9 Å². The van der Waals surface area contributed by atoms with Gasteiger partial charge in [-0.05, 0) is 48.2 Å². The minimum absolute atomic E-state index is 0.298. The van der Waals surface area contributed by atoms with Gasteiger partial charge in [0.2, 0.25) is 0 Å². The lowest BCUT2D eigenvalue weighted by atomic mass is 9.99. The molecule has 0 radical (unpaired) electrons. The maximum Gasteiger partial charge on any atom is 0.123 e. The zero-order chi connectivity index (χ0) is 13.7. The highest BCUT2D eigenvalue weighted by atomic mass is 19.1. The maximum absolute atomic E-state index is 12.8. The summed E-state index contributed by atoms with van der Waals surface area (Å²) >= 11 is 0. The summed E-state index contributed by atoms with van der Waals surface area (Å²) in [5, 5.41) is 10.2. The summed E-state index contributed by atoms with van der Waals surface area (Å²) in [7, 11) is 0. The van der Waals surface area contributed by atoms with Crippen LogP contribution in [0.15, 0.2) is 48.5 Å². The lowest BCUT2D eigenvalue weighted by Gasteiger charge is -2.12. The number of aliphatic hydroxyl groups is 1. The molecule has 0 bridgehead atoms. The predicted octanol–water partition coefficient (Wildman–Crippen LogP) is 2.80. The van der Waals surface area contributed by atoms with Crippen LogP contribution < -0.4 is 5.73 Å². The van der Waals surface area contributed by atoms with Gasteiger partial charge in [-0.25, -0.2) is 4.39 Å². The highest BCUT2D eigenvalue weighted by Crippen LogP contribution is 2.22. The molecule has 0 saturated heterocycles. The maximum atomic E-state index is 12.8. The number of hydrogen-bond acceptors (Lipinski definition) is 2. The van der Waals surface area contributed by atoms with E-state index in [0.29, 0.717) is 12.1 Å². The van der Waals surface area contributed by atoms with Crippen LogP contribution in [0.3, 0.4) is 0 Å². The van der Waals surface area contributed by atoms with Gasteiger partial charge < -0.3 is 10.8 Å². The molecule has 2 aromatic rings. The van der Waals surface area contributed by atoms with Crippen molar-refractivity contribution in [2.24, 2.45) is 5.73 Å². The SMILES string of the molecule is NCCCc1ccc(C(O)c2ccc(F)cc2)cc1. The number of aliphatic hydroxyl groups excluding tert-OH is 1. The van der Waals surface area contributed by atoms with Gasteiger partial charge in [0, 0.05) is 0 Å². The number of halogens is 1. The van der Waals surface area contributed by atoms with Gasteiger partial charge >= 0.3 is 0 Å². The second-order valence-corrected chi connectivity index (χ2v) is 4.59. The Morgan fingerprint density at radius 1 is 0.947 bits per heavy atom. The normalized spacial score (nSPS) is 12.4. The zero-order valence-corrected chi connectivity index (χ0v) is 10.7. The number of rotatable bonds is 5. The quantitative estimate of drug-likeness (QED) is 0.867. The third-order valence-corrected chi connectivity index (χ3v) is 3.15. The zero-order valence-electron chi connectivity index (χ0n) is 10.7. The van der Waals surface area contributed by atoms with Gasteiger partial charge in [0.05, 0.1) is 0 Å². The second kappa shape index (κ2) is 6.45. The molecular weight excluding hydrogens is 241 g/mol. The molecule has 100 valence electrons. The molecule has 1 unspecified atom stereocenters. The summed E-state index contributed by atoms with van der Waals surface area (Å²) in [6.07, 6.45) is 1.19. The minimum Gasteiger partial charge on any atom is -0.384 e. The summed E-state index contributed by atoms with van der Waals surface area (Å²) in [4.78, 5) is 0. The first-order valence-electron chi connectivity index (χ1n) is 6.43. The first kappa shape index (κ1) is 13.7. The standard InChI is InChI=1S/C16H18FNO/c17-15-9-7-14(8-10-15)16(19)13-5-3-12(4-6-13)2-1-11-18/h3-10,16,19H,1-2,11,18H2. The summed E-state index contributed by atoms with van der Waals surface area (Å²) in [5.74, 6) is -0.298. The molecule has 0 fully saturated rings. The molecule has 0 saturated carbocycles. The first-order valence-corrected chi connectivity index (χ1v) is 6.43. The topological polar surface area (TPSA) is 46.2 Å². The van der Waals surface area contributed by atoms with E-state index in [9.17, 15) is 9.50 Å². The third-order valence-electron chi connectivity index (χ3n) is 3.15. The predicted molar refractivity (Wildman–Crippen MR) is 74.3 cm³/mol. The van der Waals surface area contributed by atoms with Crippen LogP contribution in [0.2, 0.25) is 0 Å². The Hall–Kier alpha value is -1.71. The molecule has 0 aliphatic rings. The number of benzene rings is 2. The van der Waals surface area contributed by atoms with E-state index in [4.69, 9.17) is 5.73 Å². The molecular formula is C16H18FNO. The highest BCUT2D eigenvalue weighted by Gasteiger charge is 2.10. The molecule has 0 spiro atoms. The van der Waals surface area contributed by atoms with Crippen molar-refractivity contribution in [3.8, 4) is 0 Å². The molecule has 3 N–H and O–H groups in total. The molecule has 0 aromatic heterocycles. The van der Waals surface area contributed by atoms with E-state index >= 15 is 0 Å². The monoisotopic (exact) mass is 259 g/mol. The molecule has 3 heteroatoms. The summed E-state index contributed by atoms with van der Waals surface area (Å²) in [6.45, 7) is 0.681. The molecule has 0 aliphatic carbocycles. The van der Waals surface area contributed by atoms with Crippen LogP contribution >= 0.6 is 0 Å². The van der Waals surface area contributed by atoms with Gasteiger partial charge in [-0.3, -0.25) is 0 Å². The Labute approximate surface area is 112 Å². The lowest BCUT2D eigenvalue weighted by molar-refractivity contribution is 0.220. The van der Waals surface area contributed by atoms with Crippen LogP contribution in [0.25, 0.3) is 0 Å². The van der Waals surface area contributed by atoms with Crippen molar-refractivity contribution in [1.29, 1.82) is 0 Å². The van der Waals surface area contributed by atoms with Gasteiger partial charge in [0.1, 0.15) is 11.9 Å². The third kappa shape index (κ3) is 3.63. The molecule has 2 nitrogen and oxygen atoms in total. The van der Waals surface area contributed by atoms with Crippen molar-refractivity contribution in [3.63, 3.8) is 0 Å². The van der Waals surface area contributed by atoms with Crippen molar-refractivity contribution >= 4 is 0 Å². The molecule has 2 rings (SSSR count). The van der Waals surface area contributed by atoms with E-state index < -0.39 is 6.10 Å². The van der Waals surface area contributed by atoms with Gasteiger partial charge in [-0.1, -0.05) is 36.4 Å². The van der Waals surface area contributed by atoms with Crippen LogP contribution in [0.4, 0.5) is 4.39 Å². The van der Waals surface area contributed by atoms with Crippen molar-refractivity contribution < 1.29 is 9.50 Å². The number of nitrogens with two attached hydrogens (primary N) is 1. The van der Waals surface area contributed by atoms with Crippen LogP contribution in [-0.2, 0) is 6.42 Å². The van der Waals surface area contributed by atoms with E-state index in [1.54, 1.807) is 12.1 Å². The van der Waals surface area contributed by atoms with Crippen molar-refractivity contribution in [2.75, 3.05) is 6.54 Å². The van der Waals surface area contributed by atoms with Crippen molar-refractivity contribution in [3.05, 3.63) is 71.0 Å². The Morgan fingerprint density at radius 2 is 1.47 bits per heavy atom. The van der Waals surface area contributed by atoms with E-state index in [0.717, 1.165) is 18.4 Å². The van der Waals surface area contributed by atoms with Gasteiger partial charge in [-0.2, -0.15) is 0 Å². The molecule has 0 heterocycles. The second-order valence-electron chi connectivity index (χ2n) is 4.59. The van der Waals surface area contributed by atoms with E-state index in [1.165, 1.54) is 17.7 Å². The van der Waals surface area contributed by atoms with E-state index in [1.807, 2.05) is 24.3 Å².